The van der Waals surface area contributed by atoms with E-state index < -0.39 is 27.6 Å². The van der Waals surface area contributed by atoms with Gasteiger partial charge in [-0.15, -0.1) is 0 Å². The lowest BCUT2D eigenvalue weighted by molar-refractivity contribution is -0.147. The Kier molecular flexibility index (Phi) is 6.50. The number of aryl methyl sites for hydroxylation is 2. The first-order chi connectivity index (χ1) is 13.4. The van der Waals surface area contributed by atoms with Crippen molar-refractivity contribution in [2.75, 3.05) is 5.32 Å². The second-order valence-electron chi connectivity index (χ2n) is 6.71. The first-order valence-corrected chi connectivity index (χ1v) is 10.1. The fourth-order valence-electron chi connectivity index (χ4n) is 2.63. The Morgan fingerprint density at radius 3 is 2.17 bits per heavy atom. The van der Waals surface area contributed by atoms with Crippen molar-refractivity contribution in [1.82, 2.24) is 4.72 Å². The van der Waals surface area contributed by atoms with Crippen LogP contribution in [-0.2, 0) is 19.6 Å². The van der Waals surface area contributed by atoms with Crippen molar-refractivity contribution in [3.63, 3.8) is 0 Å². The van der Waals surface area contributed by atoms with E-state index in [2.05, 4.69) is 10.0 Å². The third-order valence-electron chi connectivity index (χ3n) is 3.74. The number of phenolic OH excluding ortho intramolecular Hbond substituents is 1. The van der Waals surface area contributed by atoms with E-state index in [-0.39, 0.29) is 22.4 Å². The zero-order valence-corrected chi connectivity index (χ0v) is 17.1. The highest BCUT2D eigenvalue weighted by Gasteiger charge is 2.21. The number of amides is 1. The molecular weight excluding hydrogens is 400 g/mol. The molecule has 0 saturated carbocycles. The molecule has 2 aromatic rings. The van der Waals surface area contributed by atoms with Gasteiger partial charge in [0.25, 0.3) is 0 Å². The molecule has 0 heterocycles. The molecular formula is C19H22N2O7S. The number of sulfonamides is 1. The van der Waals surface area contributed by atoms with E-state index in [1.54, 1.807) is 27.7 Å². The van der Waals surface area contributed by atoms with Gasteiger partial charge in [-0.25, -0.2) is 17.9 Å². The monoisotopic (exact) mass is 422 g/mol. The maximum atomic E-state index is 12.4. The lowest BCUT2D eigenvalue weighted by Gasteiger charge is -2.16. The highest BCUT2D eigenvalue weighted by Crippen LogP contribution is 2.34. The van der Waals surface area contributed by atoms with Crippen LogP contribution in [0.25, 0.3) is 0 Å². The number of aliphatic carboxylic acids is 1. The van der Waals surface area contributed by atoms with Crippen molar-refractivity contribution in [2.24, 2.45) is 0 Å². The van der Waals surface area contributed by atoms with Crippen LogP contribution in [0.5, 0.6) is 17.2 Å². The number of hydrogen-bond acceptors (Lipinski definition) is 6. The predicted octanol–water partition coefficient (Wildman–Crippen LogP) is 2.51. The number of phenols is 1. The highest BCUT2D eigenvalue weighted by molar-refractivity contribution is 7.89. The largest absolute Gasteiger partial charge is 0.507 e. The molecule has 0 spiro atoms. The summed E-state index contributed by atoms with van der Waals surface area (Å²) < 4.78 is 33.0. The summed E-state index contributed by atoms with van der Waals surface area (Å²) in [5, 5.41) is 20.9. The van der Waals surface area contributed by atoms with Crippen LogP contribution >= 0.6 is 0 Å². The van der Waals surface area contributed by atoms with E-state index in [4.69, 9.17) is 9.84 Å². The van der Waals surface area contributed by atoms with Gasteiger partial charge in [0, 0.05) is 17.8 Å². The lowest BCUT2D eigenvalue weighted by atomic mass is 10.1. The number of hydrogen-bond donors (Lipinski definition) is 4. The third kappa shape index (κ3) is 5.46. The second-order valence-corrected chi connectivity index (χ2v) is 8.39. The molecule has 0 aromatic heterocycles. The minimum Gasteiger partial charge on any atom is -0.507 e. The smallest absolute Gasteiger partial charge is 0.394 e. The Labute approximate surface area is 168 Å². The van der Waals surface area contributed by atoms with Gasteiger partial charge in [0.2, 0.25) is 10.0 Å². The van der Waals surface area contributed by atoms with Gasteiger partial charge < -0.3 is 20.3 Å². The number of anilines is 1. The van der Waals surface area contributed by atoms with Gasteiger partial charge in [0.05, 0.1) is 0 Å². The third-order valence-corrected chi connectivity index (χ3v) is 5.43. The van der Waals surface area contributed by atoms with Crippen molar-refractivity contribution in [3.05, 3.63) is 41.5 Å². The van der Waals surface area contributed by atoms with E-state index >= 15 is 0 Å². The Hall–Kier alpha value is -3.11. The van der Waals surface area contributed by atoms with Gasteiger partial charge >= 0.3 is 11.9 Å². The average Bonchev–Trinajstić information content (AvgIpc) is 2.58. The fourth-order valence-corrected chi connectivity index (χ4v) is 4.00. The minimum atomic E-state index is -3.94. The number of carbonyl (C=O) groups excluding carboxylic acids is 1. The quantitative estimate of drug-likeness (QED) is 0.524. The highest BCUT2D eigenvalue weighted by atomic mass is 32.2. The summed E-state index contributed by atoms with van der Waals surface area (Å²) in [6.45, 7) is 6.70. The topological polar surface area (TPSA) is 142 Å². The molecule has 0 atom stereocenters. The Morgan fingerprint density at radius 1 is 1.07 bits per heavy atom. The van der Waals surface area contributed by atoms with Crippen molar-refractivity contribution < 1.29 is 33.0 Å². The summed E-state index contributed by atoms with van der Waals surface area (Å²) >= 11 is 0. The van der Waals surface area contributed by atoms with Gasteiger partial charge in [-0.2, -0.15) is 0 Å². The van der Waals surface area contributed by atoms with E-state index in [9.17, 15) is 23.1 Å². The molecule has 2 rings (SSSR count). The molecule has 0 aliphatic heterocycles. The van der Waals surface area contributed by atoms with Crippen molar-refractivity contribution in [3.8, 4) is 17.2 Å². The SMILES string of the molecule is Cc1cc(NC(=O)C(=O)O)cc(C)c1Oc1ccc(O)c(S(=O)(=O)NC(C)C)c1. The number of ether oxygens (including phenoxy) is 1. The molecule has 156 valence electrons. The summed E-state index contributed by atoms with van der Waals surface area (Å²) in [7, 11) is -3.94. The van der Waals surface area contributed by atoms with Gasteiger partial charge in [-0.05, 0) is 63.1 Å². The Balaban J connectivity index is 2.36. The molecule has 0 unspecified atom stereocenters. The summed E-state index contributed by atoms with van der Waals surface area (Å²) in [5.74, 6) is -2.59. The van der Waals surface area contributed by atoms with Crippen LogP contribution in [0.4, 0.5) is 5.69 Å². The van der Waals surface area contributed by atoms with E-state index in [1.165, 1.54) is 30.3 Å². The molecule has 0 aliphatic carbocycles. The van der Waals surface area contributed by atoms with Crippen LogP contribution < -0.4 is 14.8 Å². The average molecular weight is 422 g/mol. The predicted molar refractivity (Wildman–Crippen MR) is 106 cm³/mol. The summed E-state index contributed by atoms with van der Waals surface area (Å²) in [6, 6.07) is 6.54. The lowest BCUT2D eigenvalue weighted by Crippen LogP contribution is -2.30. The molecule has 0 saturated heterocycles. The first kappa shape index (κ1) is 22.2. The van der Waals surface area contributed by atoms with Gasteiger partial charge in [0.15, 0.2) is 0 Å². The minimum absolute atomic E-state index is 0.181. The van der Waals surface area contributed by atoms with E-state index in [0.29, 0.717) is 16.9 Å². The zero-order chi connectivity index (χ0) is 21.9. The van der Waals surface area contributed by atoms with E-state index in [0.717, 1.165) is 0 Å². The molecule has 0 fully saturated rings. The Bertz CT molecular complexity index is 1040. The zero-order valence-electron chi connectivity index (χ0n) is 16.3. The maximum absolute atomic E-state index is 12.4. The number of nitrogens with one attached hydrogen (secondary N) is 2. The van der Waals surface area contributed by atoms with E-state index in [1.807, 2.05) is 0 Å². The standard InChI is InChI=1S/C19H22N2O7S/c1-10(2)21-29(26,27)16-9-14(5-6-15(16)22)28-17-11(3)7-13(8-12(17)4)20-18(23)19(24)25/h5-10,21-22H,1-4H3,(H,20,23)(H,24,25). The number of carbonyl (C=O) groups is 2. The number of benzene rings is 2. The molecule has 29 heavy (non-hydrogen) atoms. The van der Waals surface area contributed by atoms with Gasteiger partial charge in [-0.1, -0.05) is 0 Å². The van der Waals surface area contributed by atoms with Crippen molar-refractivity contribution in [2.45, 2.75) is 38.6 Å². The van der Waals surface area contributed by atoms with Crippen LogP contribution in [0.2, 0.25) is 0 Å². The second kappa shape index (κ2) is 8.50. The van der Waals surface area contributed by atoms with Gasteiger partial charge in [-0.3, -0.25) is 4.79 Å². The van der Waals surface area contributed by atoms with Crippen LogP contribution in [0.3, 0.4) is 0 Å². The maximum Gasteiger partial charge on any atom is 0.394 e. The normalized spacial score (nSPS) is 11.3. The molecule has 0 bridgehead atoms. The molecule has 1 amide bonds. The van der Waals surface area contributed by atoms with Crippen molar-refractivity contribution >= 4 is 27.6 Å². The Morgan fingerprint density at radius 2 is 1.66 bits per heavy atom. The molecule has 4 N–H and O–H groups in total. The number of rotatable bonds is 6. The number of aromatic hydroxyl groups is 1. The molecule has 2 aromatic carbocycles. The molecule has 9 nitrogen and oxygen atoms in total. The summed E-state index contributed by atoms with van der Waals surface area (Å²) in [4.78, 5) is 21.7. The van der Waals surface area contributed by atoms with Crippen LogP contribution in [0, 0.1) is 13.8 Å². The summed E-state index contributed by atoms with van der Waals surface area (Å²) in [5.41, 5.74) is 1.46. The molecule has 10 heteroatoms. The number of carboxylic acids is 1. The molecule has 0 radical (unpaired) electrons. The van der Waals surface area contributed by atoms with Crippen molar-refractivity contribution in [1.29, 1.82) is 0 Å². The van der Waals surface area contributed by atoms with Crippen LogP contribution in [0.1, 0.15) is 25.0 Å². The van der Waals surface area contributed by atoms with Crippen LogP contribution in [0.15, 0.2) is 35.2 Å². The summed E-state index contributed by atoms with van der Waals surface area (Å²) in [6.07, 6.45) is 0. The first-order valence-electron chi connectivity index (χ1n) is 8.59. The van der Waals surface area contributed by atoms with Gasteiger partial charge in [0.1, 0.15) is 22.1 Å². The van der Waals surface area contributed by atoms with Crippen LogP contribution in [-0.4, -0.2) is 36.5 Å². The number of carboxylic acid groups (broad SMARTS) is 1. The molecule has 0 aliphatic rings. The fraction of sp³-hybridized carbons (Fsp3) is 0.263.